The molecule has 3 aromatic rings. The molecule has 0 bridgehead atoms. The van der Waals surface area contributed by atoms with Crippen LogP contribution in [-0.4, -0.2) is 13.3 Å². The van der Waals surface area contributed by atoms with Gasteiger partial charge < -0.3 is 4.43 Å². The van der Waals surface area contributed by atoms with Gasteiger partial charge in [0.1, 0.15) is 0 Å². The third kappa shape index (κ3) is 3.68. The van der Waals surface area contributed by atoms with Crippen LogP contribution in [0.5, 0.6) is 0 Å². The van der Waals surface area contributed by atoms with E-state index in [1.54, 1.807) is 0 Å². The van der Waals surface area contributed by atoms with Crippen LogP contribution in [0.15, 0.2) is 54.6 Å². The average molecular weight is 430 g/mol. The number of rotatable bonds is 5. The normalized spacial score (nSPS) is 15.6. The van der Waals surface area contributed by atoms with Crippen LogP contribution in [0.2, 0.25) is 18.1 Å². The molecule has 0 saturated carbocycles. The summed E-state index contributed by atoms with van der Waals surface area (Å²) in [6.07, 6.45) is 1.84. The molecule has 0 aliphatic heterocycles. The molecule has 0 radical (unpaired) electrons. The van der Waals surface area contributed by atoms with Gasteiger partial charge in [0.25, 0.3) is 0 Å². The first-order chi connectivity index (χ1) is 14.7. The van der Waals surface area contributed by atoms with E-state index in [0.717, 1.165) is 18.5 Å². The van der Waals surface area contributed by atoms with Crippen molar-refractivity contribution in [2.24, 2.45) is 0 Å². The Morgan fingerprint density at radius 2 is 1.55 bits per heavy atom. The highest BCUT2D eigenvalue weighted by Crippen LogP contribution is 2.52. The standard InChI is InChI=1S/C28H35NOSi/c1-8-20-23(9-2)29-26-21-17-13-14-18-22(21)27(30-31(6,7)28(3,4)5)25(26)24(20)19-15-11-10-12-16-19/h10-18,27H,8-9H2,1-7H3. The van der Waals surface area contributed by atoms with Crippen molar-refractivity contribution in [3.63, 3.8) is 0 Å². The van der Waals surface area contributed by atoms with Gasteiger partial charge in [-0.1, -0.05) is 89.2 Å². The van der Waals surface area contributed by atoms with E-state index in [0.29, 0.717) is 0 Å². The summed E-state index contributed by atoms with van der Waals surface area (Å²) in [5.41, 5.74) is 10.1. The Hall–Kier alpha value is -2.23. The van der Waals surface area contributed by atoms with Crippen molar-refractivity contribution >= 4 is 8.32 Å². The highest BCUT2D eigenvalue weighted by Gasteiger charge is 2.44. The first-order valence-corrected chi connectivity index (χ1v) is 14.5. The minimum Gasteiger partial charge on any atom is -0.406 e. The van der Waals surface area contributed by atoms with Crippen LogP contribution in [0.4, 0.5) is 0 Å². The lowest BCUT2D eigenvalue weighted by Gasteiger charge is -2.39. The van der Waals surface area contributed by atoms with Gasteiger partial charge in [-0.3, -0.25) is 4.98 Å². The molecule has 162 valence electrons. The number of benzene rings is 2. The van der Waals surface area contributed by atoms with E-state index in [9.17, 15) is 0 Å². The summed E-state index contributed by atoms with van der Waals surface area (Å²) in [5.74, 6) is 0. The molecule has 2 nitrogen and oxygen atoms in total. The summed E-state index contributed by atoms with van der Waals surface area (Å²) in [6.45, 7) is 16.1. The Labute approximate surface area is 188 Å². The molecule has 1 aromatic heterocycles. The van der Waals surface area contributed by atoms with E-state index in [4.69, 9.17) is 9.41 Å². The van der Waals surface area contributed by atoms with E-state index in [1.165, 1.54) is 39.1 Å². The Bertz CT molecular complexity index is 1100. The van der Waals surface area contributed by atoms with Crippen LogP contribution in [0.1, 0.15) is 63.1 Å². The summed E-state index contributed by atoms with van der Waals surface area (Å²) in [4.78, 5) is 5.25. The zero-order valence-corrected chi connectivity index (χ0v) is 21.0. The predicted molar refractivity (Wildman–Crippen MR) is 134 cm³/mol. The lowest BCUT2D eigenvalue weighted by Crippen LogP contribution is -2.41. The van der Waals surface area contributed by atoms with E-state index in [-0.39, 0.29) is 11.1 Å². The van der Waals surface area contributed by atoms with Crippen molar-refractivity contribution in [1.82, 2.24) is 4.98 Å². The Morgan fingerprint density at radius 3 is 2.16 bits per heavy atom. The van der Waals surface area contributed by atoms with Crippen molar-refractivity contribution in [2.75, 3.05) is 0 Å². The summed E-state index contributed by atoms with van der Waals surface area (Å²) in [5, 5.41) is 0.141. The molecule has 1 aliphatic rings. The van der Waals surface area contributed by atoms with E-state index < -0.39 is 8.32 Å². The number of aromatic nitrogens is 1. The van der Waals surface area contributed by atoms with Gasteiger partial charge in [0.05, 0.1) is 11.8 Å². The van der Waals surface area contributed by atoms with Crippen LogP contribution < -0.4 is 0 Å². The highest BCUT2D eigenvalue weighted by molar-refractivity contribution is 6.74. The third-order valence-corrected chi connectivity index (χ3v) is 11.6. The van der Waals surface area contributed by atoms with Crippen LogP contribution in [0.3, 0.4) is 0 Å². The predicted octanol–water partition coefficient (Wildman–Crippen LogP) is 7.97. The second-order valence-corrected chi connectivity index (χ2v) is 14.8. The number of hydrogen-bond acceptors (Lipinski definition) is 2. The second-order valence-electron chi connectivity index (χ2n) is 10.1. The fourth-order valence-corrected chi connectivity index (χ4v) is 5.63. The average Bonchev–Trinajstić information content (AvgIpc) is 3.05. The van der Waals surface area contributed by atoms with Gasteiger partial charge in [0, 0.05) is 16.8 Å². The van der Waals surface area contributed by atoms with Crippen LogP contribution in [-0.2, 0) is 17.3 Å². The van der Waals surface area contributed by atoms with Gasteiger partial charge in [-0.05, 0) is 53.2 Å². The number of pyridine rings is 1. The van der Waals surface area contributed by atoms with Crippen molar-refractivity contribution < 1.29 is 4.43 Å². The highest BCUT2D eigenvalue weighted by atomic mass is 28.4. The molecule has 0 amide bonds. The van der Waals surface area contributed by atoms with E-state index in [2.05, 4.69) is 102 Å². The van der Waals surface area contributed by atoms with Crippen LogP contribution in [0, 0.1) is 0 Å². The molecule has 31 heavy (non-hydrogen) atoms. The van der Waals surface area contributed by atoms with Crippen LogP contribution in [0.25, 0.3) is 22.4 Å². The quantitative estimate of drug-likeness (QED) is 0.384. The molecule has 0 N–H and O–H groups in total. The summed E-state index contributed by atoms with van der Waals surface area (Å²) >= 11 is 0. The van der Waals surface area contributed by atoms with Gasteiger partial charge in [-0.25, -0.2) is 0 Å². The molecular formula is C28H35NOSi. The van der Waals surface area contributed by atoms with Gasteiger partial charge in [0.2, 0.25) is 0 Å². The molecule has 1 unspecified atom stereocenters. The molecule has 1 atom stereocenters. The van der Waals surface area contributed by atoms with Crippen molar-refractivity contribution in [2.45, 2.75) is 71.7 Å². The third-order valence-electron chi connectivity index (χ3n) is 7.15. The van der Waals surface area contributed by atoms with Gasteiger partial charge in [-0.15, -0.1) is 0 Å². The summed E-state index contributed by atoms with van der Waals surface area (Å²) in [7, 11) is -2.01. The summed E-state index contributed by atoms with van der Waals surface area (Å²) in [6, 6.07) is 19.6. The fraction of sp³-hybridized carbons (Fsp3) is 0.393. The molecule has 0 saturated heterocycles. The number of hydrogen-bond donors (Lipinski definition) is 0. The SMILES string of the molecule is CCc1nc2c(c(-c3ccccc3)c1CC)C(O[Si](C)(C)C(C)(C)C)c1ccccc1-2. The number of nitrogens with zero attached hydrogens (tertiary/aromatic N) is 1. The van der Waals surface area contributed by atoms with Crippen molar-refractivity contribution in [3.8, 4) is 22.4 Å². The topological polar surface area (TPSA) is 22.1 Å². The van der Waals surface area contributed by atoms with Gasteiger partial charge in [-0.2, -0.15) is 0 Å². The first-order valence-electron chi connectivity index (χ1n) is 11.6. The molecule has 2 aromatic carbocycles. The van der Waals surface area contributed by atoms with Crippen LogP contribution >= 0.6 is 0 Å². The van der Waals surface area contributed by atoms with Gasteiger partial charge in [0.15, 0.2) is 8.32 Å². The monoisotopic (exact) mass is 429 g/mol. The zero-order valence-electron chi connectivity index (χ0n) is 20.0. The fourth-order valence-electron chi connectivity index (χ4n) is 4.45. The zero-order chi connectivity index (χ0) is 22.4. The summed E-state index contributed by atoms with van der Waals surface area (Å²) < 4.78 is 7.15. The molecule has 1 aliphatic carbocycles. The number of fused-ring (bicyclic) bond motifs is 3. The maximum absolute atomic E-state index is 7.15. The largest absolute Gasteiger partial charge is 0.406 e. The van der Waals surface area contributed by atoms with Crippen molar-refractivity contribution in [3.05, 3.63) is 77.0 Å². The molecule has 3 heteroatoms. The molecule has 0 fully saturated rings. The molecule has 0 spiro atoms. The van der Waals surface area contributed by atoms with Gasteiger partial charge >= 0.3 is 0 Å². The second kappa shape index (κ2) is 8.03. The maximum atomic E-state index is 7.15. The minimum atomic E-state index is -2.01. The van der Waals surface area contributed by atoms with E-state index in [1.807, 2.05) is 0 Å². The Balaban J connectivity index is 2.04. The molecular weight excluding hydrogens is 394 g/mol. The minimum absolute atomic E-state index is 0.0639. The molecule has 4 rings (SSSR count). The Kier molecular flexibility index (Phi) is 5.69. The number of aryl methyl sites for hydroxylation is 1. The molecule has 1 heterocycles. The van der Waals surface area contributed by atoms with Crippen molar-refractivity contribution in [1.29, 1.82) is 0 Å². The lowest BCUT2D eigenvalue weighted by atomic mass is 9.89. The maximum Gasteiger partial charge on any atom is 0.193 e. The smallest absolute Gasteiger partial charge is 0.193 e. The Morgan fingerprint density at radius 1 is 0.903 bits per heavy atom. The van der Waals surface area contributed by atoms with E-state index >= 15 is 0 Å². The first kappa shape index (κ1) is 22.0. The lowest BCUT2D eigenvalue weighted by molar-refractivity contribution is 0.226.